The van der Waals surface area contributed by atoms with Crippen molar-refractivity contribution in [3.05, 3.63) is 65.0 Å². The zero-order valence-corrected chi connectivity index (χ0v) is 10.4. The predicted octanol–water partition coefficient (Wildman–Crippen LogP) is 3.05. The summed E-state index contributed by atoms with van der Waals surface area (Å²) in [5.41, 5.74) is -1.67. The highest BCUT2D eigenvalue weighted by Gasteiger charge is 2.20. The number of nitrogens with one attached hydrogen (secondary N) is 1. The number of carbonyl (C=O) groups is 2. The SMILES string of the molecule is O=C(O)c1ccc(F)cc1NC(=O)c1c(F)cccc1F. The maximum absolute atomic E-state index is 13.5. The third-order valence-electron chi connectivity index (χ3n) is 2.65. The van der Waals surface area contributed by atoms with Gasteiger partial charge in [-0.3, -0.25) is 4.79 Å². The highest BCUT2D eigenvalue weighted by Crippen LogP contribution is 2.20. The average molecular weight is 295 g/mol. The highest BCUT2D eigenvalue weighted by molar-refractivity contribution is 6.08. The van der Waals surface area contributed by atoms with E-state index in [1.807, 2.05) is 5.32 Å². The summed E-state index contributed by atoms with van der Waals surface area (Å²) in [4.78, 5) is 22.8. The highest BCUT2D eigenvalue weighted by atomic mass is 19.1. The Labute approximate surface area is 116 Å². The fraction of sp³-hybridized carbons (Fsp3) is 0. The van der Waals surface area contributed by atoms with E-state index < -0.39 is 46.1 Å². The van der Waals surface area contributed by atoms with Gasteiger partial charge < -0.3 is 10.4 Å². The van der Waals surface area contributed by atoms with Gasteiger partial charge in [-0.25, -0.2) is 18.0 Å². The molecule has 0 spiro atoms. The van der Waals surface area contributed by atoms with Gasteiger partial charge in [0, 0.05) is 0 Å². The molecule has 0 aliphatic heterocycles. The van der Waals surface area contributed by atoms with Crippen LogP contribution in [-0.4, -0.2) is 17.0 Å². The van der Waals surface area contributed by atoms with E-state index in [2.05, 4.69) is 0 Å². The van der Waals surface area contributed by atoms with Crippen LogP contribution in [0.1, 0.15) is 20.7 Å². The van der Waals surface area contributed by atoms with Crippen LogP contribution in [-0.2, 0) is 0 Å². The van der Waals surface area contributed by atoms with Gasteiger partial charge in [-0.05, 0) is 30.3 Å². The number of anilines is 1. The summed E-state index contributed by atoms with van der Waals surface area (Å²) in [6.45, 7) is 0. The zero-order chi connectivity index (χ0) is 15.6. The van der Waals surface area contributed by atoms with Crippen molar-refractivity contribution in [1.82, 2.24) is 0 Å². The Kier molecular flexibility index (Phi) is 3.93. The molecule has 0 aliphatic rings. The van der Waals surface area contributed by atoms with Gasteiger partial charge in [0.1, 0.15) is 23.0 Å². The number of amides is 1. The van der Waals surface area contributed by atoms with Gasteiger partial charge in [-0.1, -0.05) is 6.07 Å². The second-order valence-electron chi connectivity index (χ2n) is 4.05. The monoisotopic (exact) mass is 295 g/mol. The summed E-state index contributed by atoms with van der Waals surface area (Å²) in [5.74, 6) is -5.65. The van der Waals surface area contributed by atoms with Crippen molar-refractivity contribution in [2.75, 3.05) is 5.32 Å². The molecule has 0 radical (unpaired) electrons. The molecule has 4 nitrogen and oxygen atoms in total. The third-order valence-corrected chi connectivity index (χ3v) is 2.65. The minimum Gasteiger partial charge on any atom is -0.478 e. The normalized spacial score (nSPS) is 10.2. The van der Waals surface area contributed by atoms with Crippen LogP contribution >= 0.6 is 0 Å². The fourth-order valence-electron chi connectivity index (χ4n) is 1.71. The zero-order valence-electron chi connectivity index (χ0n) is 10.4. The molecule has 0 atom stereocenters. The number of halogens is 3. The van der Waals surface area contributed by atoms with Gasteiger partial charge in [0.2, 0.25) is 0 Å². The number of carbonyl (C=O) groups excluding carboxylic acids is 1. The molecule has 0 aromatic heterocycles. The van der Waals surface area contributed by atoms with Crippen LogP contribution in [0.4, 0.5) is 18.9 Å². The topological polar surface area (TPSA) is 66.4 Å². The van der Waals surface area contributed by atoms with Crippen LogP contribution in [0.2, 0.25) is 0 Å². The molecule has 108 valence electrons. The van der Waals surface area contributed by atoms with E-state index in [1.165, 1.54) is 0 Å². The summed E-state index contributed by atoms with van der Waals surface area (Å²) in [6, 6.07) is 5.41. The second kappa shape index (κ2) is 5.66. The molecule has 0 aliphatic carbocycles. The molecule has 0 fully saturated rings. The molecular formula is C14H8F3NO3. The number of carboxylic acids is 1. The van der Waals surface area contributed by atoms with Crippen molar-refractivity contribution >= 4 is 17.6 Å². The standard InChI is InChI=1S/C14H8F3NO3/c15-7-4-5-8(14(20)21)11(6-7)18-13(19)12-9(16)2-1-3-10(12)17/h1-6H,(H,18,19)(H,20,21). The van der Waals surface area contributed by atoms with E-state index >= 15 is 0 Å². The Hall–Kier alpha value is -2.83. The van der Waals surface area contributed by atoms with E-state index in [9.17, 15) is 22.8 Å². The predicted molar refractivity (Wildman–Crippen MR) is 67.7 cm³/mol. The van der Waals surface area contributed by atoms with Crippen LogP contribution in [0.5, 0.6) is 0 Å². The van der Waals surface area contributed by atoms with Gasteiger partial charge in [-0.2, -0.15) is 0 Å². The largest absolute Gasteiger partial charge is 0.478 e. The lowest BCUT2D eigenvalue weighted by molar-refractivity contribution is 0.0698. The molecule has 0 saturated carbocycles. The molecule has 21 heavy (non-hydrogen) atoms. The number of hydrogen-bond acceptors (Lipinski definition) is 2. The maximum atomic E-state index is 13.5. The first-order chi connectivity index (χ1) is 9.90. The van der Waals surface area contributed by atoms with Crippen LogP contribution in [0.25, 0.3) is 0 Å². The number of carboxylic acid groups (broad SMARTS) is 1. The van der Waals surface area contributed by atoms with Gasteiger partial charge in [0.05, 0.1) is 11.3 Å². The Morgan fingerprint density at radius 3 is 2.19 bits per heavy atom. The molecule has 1 amide bonds. The number of rotatable bonds is 3. The van der Waals surface area contributed by atoms with Gasteiger partial charge in [0.25, 0.3) is 5.91 Å². The number of hydrogen-bond donors (Lipinski definition) is 2. The Morgan fingerprint density at radius 2 is 1.62 bits per heavy atom. The summed E-state index contributed by atoms with van der Waals surface area (Å²) >= 11 is 0. The molecule has 2 rings (SSSR count). The molecule has 0 bridgehead atoms. The van der Waals surface area contributed by atoms with Crippen molar-refractivity contribution in [2.45, 2.75) is 0 Å². The summed E-state index contributed by atoms with van der Waals surface area (Å²) in [7, 11) is 0. The first-order valence-electron chi connectivity index (χ1n) is 5.68. The maximum Gasteiger partial charge on any atom is 0.337 e. The molecule has 0 unspecified atom stereocenters. The van der Waals surface area contributed by atoms with Crippen molar-refractivity contribution in [3.8, 4) is 0 Å². The number of aromatic carboxylic acids is 1. The van der Waals surface area contributed by atoms with Crippen LogP contribution in [0.15, 0.2) is 36.4 Å². The van der Waals surface area contributed by atoms with E-state index in [0.717, 1.165) is 36.4 Å². The Morgan fingerprint density at radius 1 is 1.00 bits per heavy atom. The van der Waals surface area contributed by atoms with Crippen molar-refractivity contribution in [3.63, 3.8) is 0 Å². The number of benzene rings is 2. The first-order valence-corrected chi connectivity index (χ1v) is 5.68. The molecular weight excluding hydrogens is 287 g/mol. The van der Waals surface area contributed by atoms with Gasteiger partial charge in [0.15, 0.2) is 0 Å². The lowest BCUT2D eigenvalue weighted by Gasteiger charge is -2.09. The van der Waals surface area contributed by atoms with E-state index in [0.29, 0.717) is 0 Å². The van der Waals surface area contributed by atoms with Crippen molar-refractivity contribution in [1.29, 1.82) is 0 Å². The summed E-state index contributed by atoms with van der Waals surface area (Å²) in [5, 5.41) is 10.9. The first kappa shape index (κ1) is 14.6. The smallest absolute Gasteiger partial charge is 0.337 e. The molecule has 7 heteroatoms. The molecule has 2 N–H and O–H groups in total. The summed E-state index contributed by atoms with van der Waals surface area (Å²) < 4.78 is 40.0. The summed E-state index contributed by atoms with van der Waals surface area (Å²) in [6.07, 6.45) is 0. The van der Waals surface area contributed by atoms with Crippen LogP contribution in [0, 0.1) is 17.5 Å². The van der Waals surface area contributed by atoms with E-state index in [-0.39, 0.29) is 0 Å². The lowest BCUT2D eigenvalue weighted by Crippen LogP contribution is -2.18. The quantitative estimate of drug-likeness (QED) is 0.914. The minimum absolute atomic E-state index is 0.393. The Bertz CT molecular complexity index is 711. The van der Waals surface area contributed by atoms with E-state index in [1.54, 1.807) is 0 Å². The van der Waals surface area contributed by atoms with E-state index in [4.69, 9.17) is 5.11 Å². The molecule has 2 aromatic rings. The average Bonchev–Trinajstić information content (AvgIpc) is 2.38. The molecule has 2 aromatic carbocycles. The second-order valence-corrected chi connectivity index (χ2v) is 4.05. The lowest BCUT2D eigenvalue weighted by atomic mass is 10.1. The fourth-order valence-corrected chi connectivity index (χ4v) is 1.71. The van der Waals surface area contributed by atoms with Crippen LogP contribution in [0.3, 0.4) is 0 Å². The van der Waals surface area contributed by atoms with Gasteiger partial charge >= 0.3 is 5.97 Å². The van der Waals surface area contributed by atoms with Crippen molar-refractivity contribution < 1.29 is 27.9 Å². The van der Waals surface area contributed by atoms with Gasteiger partial charge in [-0.15, -0.1) is 0 Å². The minimum atomic E-state index is -1.42. The molecule has 0 saturated heterocycles. The molecule has 0 heterocycles. The third kappa shape index (κ3) is 3.02. The van der Waals surface area contributed by atoms with Crippen molar-refractivity contribution in [2.24, 2.45) is 0 Å². The Balaban J connectivity index is 2.40. The van der Waals surface area contributed by atoms with Crippen LogP contribution < -0.4 is 5.32 Å².